The van der Waals surface area contributed by atoms with Crippen molar-refractivity contribution in [2.24, 2.45) is 0 Å². The Bertz CT molecular complexity index is 1270. The molecule has 3 aromatic carbocycles. The smallest absolute Gasteiger partial charge is 0.325 e. The van der Waals surface area contributed by atoms with Crippen molar-refractivity contribution in [3.63, 3.8) is 0 Å². The van der Waals surface area contributed by atoms with Gasteiger partial charge in [-0.2, -0.15) is 0 Å². The second-order valence-electron chi connectivity index (χ2n) is 8.44. The lowest BCUT2D eigenvalue weighted by Gasteiger charge is -2.22. The average molecular weight is 441 g/mol. The van der Waals surface area contributed by atoms with E-state index >= 15 is 0 Å². The SMILES string of the molecule is O=C(CN1CCN(c2ccc3c(c2)OCCO3)C1=O)Nc1ccc2c(c1)Cc1ccccc1-2. The monoisotopic (exact) mass is 441 g/mol. The highest BCUT2D eigenvalue weighted by Gasteiger charge is 2.31. The molecule has 166 valence electrons. The summed E-state index contributed by atoms with van der Waals surface area (Å²) in [7, 11) is 0. The first-order valence-electron chi connectivity index (χ1n) is 11.1. The molecular weight excluding hydrogens is 418 g/mol. The summed E-state index contributed by atoms with van der Waals surface area (Å²) in [5, 5.41) is 2.95. The number of amides is 3. The lowest BCUT2D eigenvalue weighted by Crippen LogP contribution is -2.37. The summed E-state index contributed by atoms with van der Waals surface area (Å²) >= 11 is 0. The molecular formula is C26H23N3O4. The maximum absolute atomic E-state index is 12.9. The highest BCUT2D eigenvalue weighted by molar-refractivity contribution is 5.99. The fourth-order valence-corrected chi connectivity index (χ4v) is 4.77. The molecule has 0 aromatic heterocycles. The molecule has 0 radical (unpaired) electrons. The summed E-state index contributed by atoms with van der Waals surface area (Å²) in [5.74, 6) is 1.12. The second kappa shape index (κ2) is 7.85. The van der Waals surface area contributed by atoms with E-state index < -0.39 is 0 Å². The van der Waals surface area contributed by atoms with Crippen molar-refractivity contribution in [1.82, 2.24) is 4.90 Å². The molecule has 0 unspecified atom stereocenters. The standard InChI is InChI=1S/C26H23N3O4/c30-25(27-19-5-7-22-18(14-19)13-17-3-1-2-4-21(17)22)16-28-9-10-29(26(28)31)20-6-8-23-24(15-20)33-12-11-32-23/h1-8,14-15H,9-13,16H2,(H,27,30). The van der Waals surface area contributed by atoms with E-state index in [-0.39, 0.29) is 18.5 Å². The number of carbonyl (C=O) groups is 2. The number of hydrogen-bond acceptors (Lipinski definition) is 4. The van der Waals surface area contributed by atoms with E-state index in [0.29, 0.717) is 37.8 Å². The summed E-state index contributed by atoms with van der Waals surface area (Å²) in [6.07, 6.45) is 0.865. The maximum Gasteiger partial charge on any atom is 0.325 e. The molecule has 0 spiro atoms. The van der Waals surface area contributed by atoms with Gasteiger partial charge in [0, 0.05) is 30.5 Å². The van der Waals surface area contributed by atoms with Crippen LogP contribution in [0.4, 0.5) is 16.2 Å². The van der Waals surface area contributed by atoms with Gasteiger partial charge in [-0.25, -0.2) is 4.79 Å². The summed E-state index contributed by atoms with van der Waals surface area (Å²) in [6, 6.07) is 19.7. The van der Waals surface area contributed by atoms with E-state index in [2.05, 4.69) is 29.6 Å². The lowest BCUT2D eigenvalue weighted by molar-refractivity contribution is -0.116. The minimum absolute atomic E-state index is 0.0111. The minimum atomic E-state index is -0.206. The van der Waals surface area contributed by atoms with Crippen LogP contribution in [0.25, 0.3) is 11.1 Å². The Labute approximate surface area is 191 Å². The van der Waals surface area contributed by atoms with Crippen LogP contribution in [0.3, 0.4) is 0 Å². The van der Waals surface area contributed by atoms with Crippen LogP contribution in [-0.4, -0.2) is 49.7 Å². The Balaban J connectivity index is 1.11. The molecule has 1 saturated heterocycles. The molecule has 1 aliphatic carbocycles. The Morgan fingerprint density at radius 3 is 2.61 bits per heavy atom. The van der Waals surface area contributed by atoms with Gasteiger partial charge in [0.05, 0.1) is 0 Å². The van der Waals surface area contributed by atoms with Gasteiger partial charge in [-0.15, -0.1) is 0 Å². The predicted molar refractivity (Wildman–Crippen MR) is 125 cm³/mol. The van der Waals surface area contributed by atoms with Crippen molar-refractivity contribution in [3.05, 3.63) is 71.8 Å². The minimum Gasteiger partial charge on any atom is -0.486 e. The molecule has 2 aliphatic heterocycles. The van der Waals surface area contributed by atoms with Crippen LogP contribution in [0, 0.1) is 0 Å². The highest BCUT2D eigenvalue weighted by Crippen LogP contribution is 2.38. The lowest BCUT2D eigenvalue weighted by atomic mass is 10.1. The van der Waals surface area contributed by atoms with Gasteiger partial charge in [-0.3, -0.25) is 9.69 Å². The number of benzene rings is 3. The van der Waals surface area contributed by atoms with Crippen molar-refractivity contribution in [1.29, 1.82) is 0 Å². The van der Waals surface area contributed by atoms with Gasteiger partial charge in [0.2, 0.25) is 5.91 Å². The van der Waals surface area contributed by atoms with Gasteiger partial charge in [0.25, 0.3) is 0 Å². The Kier molecular flexibility index (Phi) is 4.68. The molecule has 7 heteroatoms. The number of hydrogen-bond donors (Lipinski definition) is 1. The first-order valence-corrected chi connectivity index (χ1v) is 11.1. The zero-order valence-corrected chi connectivity index (χ0v) is 18.0. The largest absolute Gasteiger partial charge is 0.486 e. The Morgan fingerprint density at radius 1 is 0.879 bits per heavy atom. The topological polar surface area (TPSA) is 71.1 Å². The third-order valence-electron chi connectivity index (χ3n) is 6.34. The van der Waals surface area contributed by atoms with Crippen LogP contribution in [0.5, 0.6) is 11.5 Å². The number of nitrogens with one attached hydrogen (secondary N) is 1. The summed E-state index contributed by atoms with van der Waals surface area (Å²) in [5.41, 5.74) is 6.47. The van der Waals surface area contributed by atoms with Crippen molar-refractivity contribution >= 4 is 23.3 Å². The number of nitrogens with zero attached hydrogens (tertiary/aromatic N) is 2. The number of carbonyl (C=O) groups excluding carboxylic acids is 2. The number of fused-ring (bicyclic) bond motifs is 4. The van der Waals surface area contributed by atoms with E-state index in [0.717, 1.165) is 17.8 Å². The molecule has 1 N–H and O–H groups in total. The van der Waals surface area contributed by atoms with E-state index in [1.165, 1.54) is 22.3 Å². The average Bonchev–Trinajstić information content (AvgIpc) is 3.38. The molecule has 0 atom stereocenters. The van der Waals surface area contributed by atoms with Gasteiger partial charge < -0.3 is 19.7 Å². The molecule has 6 rings (SSSR count). The summed E-state index contributed by atoms with van der Waals surface area (Å²) in [6.45, 7) is 2.03. The summed E-state index contributed by atoms with van der Waals surface area (Å²) < 4.78 is 11.2. The first-order chi connectivity index (χ1) is 16.2. The highest BCUT2D eigenvalue weighted by atomic mass is 16.6. The molecule has 0 saturated carbocycles. The van der Waals surface area contributed by atoms with Gasteiger partial charge >= 0.3 is 6.03 Å². The van der Waals surface area contributed by atoms with E-state index in [1.54, 1.807) is 9.80 Å². The third-order valence-corrected chi connectivity index (χ3v) is 6.34. The summed E-state index contributed by atoms with van der Waals surface area (Å²) in [4.78, 5) is 28.9. The zero-order valence-electron chi connectivity index (χ0n) is 18.0. The number of ether oxygens (including phenoxy) is 2. The van der Waals surface area contributed by atoms with Gasteiger partial charge in [-0.05, 0) is 52.9 Å². The first kappa shape index (κ1) is 19.7. The van der Waals surface area contributed by atoms with Crippen molar-refractivity contribution in [2.75, 3.05) is 43.1 Å². The molecule has 0 bridgehead atoms. The van der Waals surface area contributed by atoms with E-state index in [4.69, 9.17) is 9.47 Å². The quantitative estimate of drug-likeness (QED) is 0.521. The predicted octanol–water partition coefficient (Wildman–Crippen LogP) is 3.91. The molecule has 33 heavy (non-hydrogen) atoms. The van der Waals surface area contributed by atoms with Crippen LogP contribution in [0.15, 0.2) is 60.7 Å². The van der Waals surface area contributed by atoms with Crippen LogP contribution in [0.1, 0.15) is 11.1 Å². The second-order valence-corrected chi connectivity index (χ2v) is 8.44. The Morgan fingerprint density at radius 2 is 1.70 bits per heavy atom. The van der Waals surface area contributed by atoms with Crippen molar-refractivity contribution < 1.29 is 19.1 Å². The Hall–Kier alpha value is -4.00. The molecule has 3 aliphatic rings. The van der Waals surface area contributed by atoms with E-state index in [1.807, 2.05) is 36.4 Å². The maximum atomic E-state index is 12.9. The van der Waals surface area contributed by atoms with Gasteiger partial charge in [0.1, 0.15) is 19.8 Å². The molecule has 2 heterocycles. The normalized spacial score (nSPS) is 15.9. The molecule has 1 fully saturated rings. The van der Waals surface area contributed by atoms with Crippen LogP contribution < -0.4 is 19.7 Å². The van der Waals surface area contributed by atoms with Gasteiger partial charge in [-0.1, -0.05) is 30.3 Å². The van der Waals surface area contributed by atoms with E-state index in [9.17, 15) is 9.59 Å². The number of urea groups is 1. The fraction of sp³-hybridized carbons (Fsp3) is 0.231. The molecule has 7 nitrogen and oxygen atoms in total. The molecule has 3 amide bonds. The zero-order chi connectivity index (χ0) is 22.4. The number of anilines is 2. The number of rotatable bonds is 4. The van der Waals surface area contributed by atoms with Crippen molar-refractivity contribution in [3.8, 4) is 22.6 Å². The molecule has 3 aromatic rings. The van der Waals surface area contributed by atoms with Crippen LogP contribution >= 0.6 is 0 Å². The van der Waals surface area contributed by atoms with Crippen LogP contribution in [-0.2, 0) is 11.2 Å². The van der Waals surface area contributed by atoms with Gasteiger partial charge in [0.15, 0.2) is 11.5 Å². The third kappa shape index (κ3) is 3.55. The fourth-order valence-electron chi connectivity index (χ4n) is 4.77. The van der Waals surface area contributed by atoms with Crippen LogP contribution in [0.2, 0.25) is 0 Å². The van der Waals surface area contributed by atoms with Crippen molar-refractivity contribution in [2.45, 2.75) is 6.42 Å².